The van der Waals surface area contributed by atoms with Gasteiger partial charge in [-0.15, -0.1) is 0 Å². The van der Waals surface area contributed by atoms with Gasteiger partial charge in [0.2, 0.25) is 0 Å². The van der Waals surface area contributed by atoms with Gasteiger partial charge in [0.25, 0.3) is 0 Å². The third-order valence-electron chi connectivity index (χ3n) is 6.26. The maximum absolute atomic E-state index is 9.98. The predicted octanol–water partition coefficient (Wildman–Crippen LogP) is 4.80. The van der Waals surface area contributed by atoms with Gasteiger partial charge in [0, 0.05) is 29.7 Å². The van der Waals surface area contributed by atoms with Crippen LogP contribution in [0.15, 0.2) is 48.5 Å². The summed E-state index contributed by atoms with van der Waals surface area (Å²) in [5.74, 6) is 1.31. The van der Waals surface area contributed by atoms with Crippen LogP contribution >= 0.6 is 0 Å². The zero-order chi connectivity index (χ0) is 20.0. The molecule has 0 saturated carbocycles. The van der Waals surface area contributed by atoms with Gasteiger partial charge in [0.05, 0.1) is 12.7 Å². The summed E-state index contributed by atoms with van der Waals surface area (Å²) in [5.41, 5.74) is 2.11. The third kappa shape index (κ3) is 4.50. The number of phenols is 1. The summed E-state index contributed by atoms with van der Waals surface area (Å²) in [4.78, 5) is 0. The van der Waals surface area contributed by atoms with Crippen molar-refractivity contribution in [3.05, 3.63) is 59.7 Å². The summed E-state index contributed by atoms with van der Waals surface area (Å²) in [6.45, 7) is 6.73. The quantitative estimate of drug-likeness (QED) is 0.643. The molecule has 4 nitrogen and oxygen atoms in total. The zero-order valence-corrected chi connectivity index (χ0v) is 17.3. The Morgan fingerprint density at radius 1 is 1.14 bits per heavy atom. The molecule has 1 heterocycles. The first kappa shape index (κ1) is 20.7. The highest BCUT2D eigenvalue weighted by Gasteiger charge is 2.44. The van der Waals surface area contributed by atoms with Crippen molar-refractivity contribution in [1.29, 1.82) is 0 Å². The van der Waals surface area contributed by atoms with Crippen LogP contribution in [0.25, 0.3) is 0 Å². The minimum Gasteiger partial charge on any atom is -0.508 e. The van der Waals surface area contributed by atoms with E-state index in [2.05, 4.69) is 37.4 Å². The Hall–Kier alpha value is -2.04. The highest BCUT2D eigenvalue weighted by Crippen LogP contribution is 2.47. The second-order valence-corrected chi connectivity index (χ2v) is 8.11. The fourth-order valence-corrected chi connectivity index (χ4v) is 4.45. The van der Waals surface area contributed by atoms with E-state index in [9.17, 15) is 5.11 Å². The Bertz CT molecular complexity index is 778. The number of phenolic OH excluding ortho intramolecular Hbond substituents is 1. The molecule has 0 bridgehead atoms. The molecular formula is C24H33NO3. The van der Waals surface area contributed by atoms with Gasteiger partial charge in [-0.2, -0.15) is 0 Å². The van der Waals surface area contributed by atoms with Crippen molar-refractivity contribution in [2.24, 2.45) is 0 Å². The van der Waals surface area contributed by atoms with Crippen molar-refractivity contribution >= 4 is 0 Å². The van der Waals surface area contributed by atoms with Gasteiger partial charge in [-0.1, -0.05) is 43.3 Å². The van der Waals surface area contributed by atoms with E-state index in [1.807, 2.05) is 24.3 Å². The molecule has 1 aliphatic heterocycles. The van der Waals surface area contributed by atoms with Crippen LogP contribution in [-0.4, -0.2) is 31.0 Å². The van der Waals surface area contributed by atoms with Crippen LogP contribution in [0.3, 0.4) is 0 Å². The molecule has 28 heavy (non-hydrogen) atoms. The van der Waals surface area contributed by atoms with Gasteiger partial charge in [-0.25, -0.2) is 0 Å². The fourth-order valence-electron chi connectivity index (χ4n) is 4.45. The third-order valence-corrected chi connectivity index (χ3v) is 6.26. The highest BCUT2D eigenvalue weighted by molar-refractivity contribution is 5.40. The molecule has 2 N–H and O–H groups in total. The molecule has 0 unspecified atom stereocenters. The van der Waals surface area contributed by atoms with Gasteiger partial charge in [-0.05, 0) is 51.3 Å². The molecule has 0 radical (unpaired) electrons. The summed E-state index contributed by atoms with van der Waals surface area (Å²) in [5, 5.41) is 13.5. The lowest BCUT2D eigenvalue weighted by molar-refractivity contribution is -0.0982. The Labute approximate surface area is 168 Å². The normalized spacial score (nSPS) is 24.8. The molecule has 0 amide bonds. The van der Waals surface area contributed by atoms with Gasteiger partial charge >= 0.3 is 0 Å². The molecule has 0 aliphatic carbocycles. The molecule has 1 aliphatic rings. The maximum atomic E-state index is 9.98. The summed E-state index contributed by atoms with van der Waals surface area (Å²) in [6, 6.07) is 15.9. The molecule has 1 saturated heterocycles. The molecular weight excluding hydrogens is 350 g/mol. The molecule has 0 aromatic heterocycles. The van der Waals surface area contributed by atoms with Crippen LogP contribution in [0.1, 0.15) is 50.7 Å². The van der Waals surface area contributed by atoms with E-state index in [0.717, 1.165) is 50.1 Å². The van der Waals surface area contributed by atoms with Gasteiger partial charge in [0.15, 0.2) is 0 Å². The molecule has 152 valence electrons. The average molecular weight is 384 g/mol. The molecule has 4 heteroatoms. The van der Waals surface area contributed by atoms with Crippen molar-refractivity contribution in [3.63, 3.8) is 0 Å². The van der Waals surface area contributed by atoms with Crippen molar-refractivity contribution < 1.29 is 14.6 Å². The van der Waals surface area contributed by atoms with Crippen LogP contribution in [0.2, 0.25) is 0 Å². The summed E-state index contributed by atoms with van der Waals surface area (Å²) < 4.78 is 11.9. The van der Waals surface area contributed by atoms with Crippen LogP contribution in [-0.2, 0) is 16.7 Å². The highest BCUT2D eigenvalue weighted by atomic mass is 16.5. The van der Waals surface area contributed by atoms with E-state index in [0.29, 0.717) is 12.3 Å². The van der Waals surface area contributed by atoms with Crippen molar-refractivity contribution in [2.75, 3.05) is 20.3 Å². The number of methoxy groups -OCH3 is 1. The van der Waals surface area contributed by atoms with Gasteiger partial charge < -0.3 is 19.9 Å². The van der Waals surface area contributed by atoms with Gasteiger partial charge in [-0.3, -0.25) is 0 Å². The lowest BCUT2D eigenvalue weighted by Crippen LogP contribution is -2.46. The summed E-state index contributed by atoms with van der Waals surface area (Å²) in [7, 11) is 1.75. The average Bonchev–Trinajstić information content (AvgIpc) is 2.72. The minimum absolute atomic E-state index is 0.0152. The Kier molecular flexibility index (Phi) is 6.63. The molecule has 3 rings (SSSR count). The Balaban J connectivity index is 1.78. The van der Waals surface area contributed by atoms with Crippen molar-refractivity contribution in [3.8, 4) is 11.5 Å². The number of benzene rings is 2. The molecule has 2 aromatic carbocycles. The Morgan fingerprint density at radius 2 is 1.89 bits per heavy atom. The Morgan fingerprint density at radius 3 is 2.64 bits per heavy atom. The number of para-hydroxylation sites is 2. The molecule has 0 spiro atoms. The SMILES string of the molecule is CC[C@@]1(C)C[C@](CCNCc2ccccc2O)(c2ccccc2OC)CCO1. The first-order valence-electron chi connectivity index (χ1n) is 10.3. The van der Waals surface area contributed by atoms with Crippen LogP contribution in [0.4, 0.5) is 0 Å². The second kappa shape index (κ2) is 8.97. The monoisotopic (exact) mass is 383 g/mol. The largest absolute Gasteiger partial charge is 0.508 e. The topological polar surface area (TPSA) is 50.7 Å². The van der Waals surface area contributed by atoms with Crippen molar-refractivity contribution in [2.45, 2.75) is 57.1 Å². The van der Waals surface area contributed by atoms with E-state index in [1.165, 1.54) is 5.56 Å². The van der Waals surface area contributed by atoms with Crippen LogP contribution < -0.4 is 10.1 Å². The molecule has 2 atom stereocenters. The second-order valence-electron chi connectivity index (χ2n) is 8.11. The number of aromatic hydroxyl groups is 1. The number of hydrogen-bond acceptors (Lipinski definition) is 4. The number of rotatable bonds is 8. The zero-order valence-electron chi connectivity index (χ0n) is 17.3. The minimum atomic E-state index is -0.114. The lowest BCUT2D eigenvalue weighted by Gasteiger charge is -2.47. The van der Waals surface area contributed by atoms with E-state index < -0.39 is 0 Å². The maximum Gasteiger partial charge on any atom is 0.122 e. The number of nitrogens with one attached hydrogen (secondary N) is 1. The standard InChI is InChI=1S/C24H33NO3/c1-4-23(2)18-24(14-16-28-23,20-10-6-8-12-22(20)27-3)13-15-25-17-19-9-5-7-11-21(19)26/h5-12,25-26H,4,13-18H2,1-3H3/t23-,24+/m0/s1. The van der Waals surface area contributed by atoms with E-state index in [1.54, 1.807) is 13.2 Å². The molecule has 2 aromatic rings. The van der Waals surface area contributed by atoms with Gasteiger partial charge in [0.1, 0.15) is 11.5 Å². The number of ether oxygens (including phenoxy) is 2. The summed E-state index contributed by atoms with van der Waals surface area (Å²) in [6.07, 6.45) is 3.96. The summed E-state index contributed by atoms with van der Waals surface area (Å²) >= 11 is 0. The lowest BCUT2D eigenvalue weighted by atomic mass is 9.66. The van der Waals surface area contributed by atoms with Crippen molar-refractivity contribution in [1.82, 2.24) is 5.32 Å². The first-order chi connectivity index (χ1) is 13.5. The van der Waals surface area contributed by atoms with E-state index >= 15 is 0 Å². The molecule has 1 fully saturated rings. The smallest absolute Gasteiger partial charge is 0.122 e. The van der Waals surface area contributed by atoms with E-state index in [4.69, 9.17) is 9.47 Å². The van der Waals surface area contributed by atoms with E-state index in [-0.39, 0.29) is 11.0 Å². The predicted molar refractivity (Wildman–Crippen MR) is 113 cm³/mol. The first-order valence-corrected chi connectivity index (χ1v) is 10.3. The van der Waals surface area contributed by atoms with Crippen LogP contribution in [0, 0.1) is 0 Å². The number of hydrogen-bond donors (Lipinski definition) is 2. The fraction of sp³-hybridized carbons (Fsp3) is 0.500. The van der Waals surface area contributed by atoms with Crippen LogP contribution in [0.5, 0.6) is 11.5 Å².